The van der Waals surface area contributed by atoms with Crippen LogP contribution in [0.15, 0.2) is 78.9 Å². The molecule has 2 saturated heterocycles. The smallest absolute Gasteiger partial charge is 0.333 e. The van der Waals surface area contributed by atoms with E-state index in [1.807, 2.05) is 73.7 Å². The van der Waals surface area contributed by atoms with Gasteiger partial charge < -0.3 is 60.7 Å². The van der Waals surface area contributed by atoms with Crippen molar-refractivity contribution in [2.45, 2.75) is 122 Å². The van der Waals surface area contributed by atoms with Gasteiger partial charge in [0.1, 0.15) is 35.4 Å². The van der Waals surface area contributed by atoms with E-state index in [1.165, 1.54) is 0 Å². The van der Waals surface area contributed by atoms with Gasteiger partial charge in [0, 0.05) is 50.7 Å². The Kier molecular flexibility index (Phi) is 24.9. The first-order chi connectivity index (χ1) is 30.4. The van der Waals surface area contributed by atoms with Crippen LogP contribution in [0.2, 0.25) is 0 Å². The number of nitrogens with zero attached hydrogens (tertiary/aromatic N) is 3. The number of nitriles is 2. The summed E-state index contributed by atoms with van der Waals surface area (Å²) in [6, 6.07) is 30.5. The zero-order valence-electron chi connectivity index (χ0n) is 39.8. The molecular weight excluding hydrogens is 941 g/mol. The quantitative estimate of drug-likeness (QED) is 0.0344. The molecule has 13 nitrogen and oxygen atoms in total. The molecule has 3 aromatic carbocycles. The molecule has 2 fully saturated rings. The minimum absolute atomic E-state index is 0. The fourth-order valence-corrected chi connectivity index (χ4v) is 11.3. The van der Waals surface area contributed by atoms with Crippen LogP contribution in [-0.2, 0) is 75.1 Å². The predicted molar refractivity (Wildman–Crippen MR) is 250 cm³/mol. The van der Waals surface area contributed by atoms with E-state index in [4.69, 9.17) is 46.3 Å². The van der Waals surface area contributed by atoms with Crippen LogP contribution >= 0.6 is 17.1 Å². The van der Waals surface area contributed by atoms with Gasteiger partial charge in [-0.15, -0.1) is 0 Å². The van der Waals surface area contributed by atoms with Crippen LogP contribution in [0.3, 0.4) is 0 Å². The fourth-order valence-electron chi connectivity index (χ4n) is 8.19. The van der Waals surface area contributed by atoms with Crippen molar-refractivity contribution in [2.75, 3.05) is 40.6 Å². The monoisotopic (exact) mass is 1010 g/mol. The molecule has 4 unspecified atom stereocenters. The molecule has 10 atom stereocenters. The van der Waals surface area contributed by atoms with Crippen molar-refractivity contribution in [1.82, 2.24) is 4.67 Å². The van der Waals surface area contributed by atoms with Crippen LogP contribution in [0.4, 0.5) is 0 Å². The van der Waals surface area contributed by atoms with Crippen molar-refractivity contribution >= 4 is 17.1 Å². The maximum atomic E-state index is 9.45. The Morgan fingerprint density at radius 1 is 0.692 bits per heavy atom. The standard InChI is InChI=1S/C48H66N3O10P2.CH3.Y/c1-11-43-36(7)47(44(59-43)31-54-48(38-17-13-12-14-18-38,39-19-23-41(52-9)24-20-39)40-21-25-42(53-10)26-22-40)61-63(56-30-16-28-50)57-32-45-46(35(6)37(8)58-45)60-62(55-29-15-27-49)51(33(2)3)34(4)5;;/h12-14,17-26,33-37,43-47H,8,11,15-16,29-32H2,1-7,9-10H3;1H3;/q2*-1;/t35?,36?,37-,43-,44+,45+,46+,47+,62?,63?;;/m0../s1. The summed E-state index contributed by atoms with van der Waals surface area (Å²) >= 11 is 0. The van der Waals surface area contributed by atoms with Crippen LogP contribution in [-0.4, -0.2) is 94.0 Å². The summed E-state index contributed by atoms with van der Waals surface area (Å²) in [4.78, 5) is 0. The van der Waals surface area contributed by atoms with Crippen molar-refractivity contribution in [3.05, 3.63) is 110 Å². The third kappa shape index (κ3) is 14.7. The molecule has 2 aliphatic heterocycles. The third-order valence-corrected chi connectivity index (χ3v) is 14.8. The van der Waals surface area contributed by atoms with E-state index in [0.717, 1.165) is 34.6 Å². The molecule has 3 aromatic rings. The predicted octanol–water partition coefficient (Wildman–Crippen LogP) is 10.7. The minimum Gasteiger partial charge on any atom is -0.497 e. The normalized spacial score (nSPS) is 23.9. The number of benzene rings is 3. The zero-order chi connectivity index (χ0) is 45.5. The molecule has 2 aliphatic rings. The summed E-state index contributed by atoms with van der Waals surface area (Å²) in [6.07, 6.45) is -1.30. The second-order valence-electron chi connectivity index (χ2n) is 16.3. The average Bonchev–Trinajstić information content (AvgIpc) is 3.74. The number of ether oxygens (including phenoxy) is 5. The summed E-state index contributed by atoms with van der Waals surface area (Å²) < 4.78 is 66.4. The summed E-state index contributed by atoms with van der Waals surface area (Å²) in [5.74, 6) is 1.31. The molecule has 16 heteroatoms. The molecule has 0 saturated carbocycles. The Hall–Kier alpha value is -2.16. The van der Waals surface area contributed by atoms with E-state index in [0.29, 0.717) is 0 Å². The maximum absolute atomic E-state index is 9.45. The van der Waals surface area contributed by atoms with Gasteiger partial charge in [0.25, 0.3) is 8.53 Å². The van der Waals surface area contributed by atoms with Crippen molar-refractivity contribution in [3.63, 3.8) is 0 Å². The van der Waals surface area contributed by atoms with E-state index in [1.54, 1.807) is 14.2 Å². The first-order valence-electron chi connectivity index (χ1n) is 21.9. The van der Waals surface area contributed by atoms with Gasteiger partial charge in [-0.2, -0.15) is 10.5 Å². The van der Waals surface area contributed by atoms with Gasteiger partial charge in [0.2, 0.25) is 0 Å². The molecule has 0 aromatic heterocycles. The summed E-state index contributed by atoms with van der Waals surface area (Å²) in [5.41, 5.74) is 1.66. The molecule has 0 bridgehead atoms. The Balaban J connectivity index is 0.00000561. The van der Waals surface area contributed by atoms with Crippen LogP contribution < -0.4 is 9.47 Å². The second kappa shape index (κ2) is 28.4. The number of hydrogen-bond acceptors (Lipinski definition) is 13. The summed E-state index contributed by atoms with van der Waals surface area (Å²) in [5, 5.41) is 18.7. The largest absolute Gasteiger partial charge is 0.497 e. The van der Waals surface area contributed by atoms with E-state index in [-0.39, 0.29) is 116 Å². The van der Waals surface area contributed by atoms with Crippen molar-refractivity contribution in [1.29, 1.82) is 10.5 Å². The van der Waals surface area contributed by atoms with Crippen LogP contribution in [0, 0.1) is 48.8 Å². The van der Waals surface area contributed by atoms with Crippen molar-refractivity contribution < 1.29 is 79.0 Å². The Morgan fingerprint density at radius 2 is 1.20 bits per heavy atom. The Bertz CT molecular complexity index is 1830. The van der Waals surface area contributed by atoms with Gasteiger partial charge in [-0.3, -0.25) is 0 Å². The van der Waals surface area contributed by atoms with E-state index in [9.17, 15) is 10.5 Å². The van der Waals surface area contributed by atoms with Gasteiger partial charge in [-0.1, -0.05) is 81.5 Å². The fraction of sp³-hybridized carbons (Fsp3) is 0.551. The maximum Gasteiger partial charge on any atom is 0.333 e. The zero-order valence-corrected chi connectivity index (χ0v) is 44.5. The van der Waals surface area contributed by atoms with Gasteiger partial charge in [-0.25, -0.2) is 4.67 Å². The second-order valence-corrected chi connectivity index (χ2v) is 18.9. The van der Waals surface area contributed by atoms with Gasteiger partial charge in [0.15, 0.2) is 0 Å². The number of hydrogen-bond donors (Lipinski definition) is 0. The molecule has 5 rings (SSSR count). The van der Waals surface area contributed by atoms with Gasteiger partial charge >= 0.3 is 8.60 Å². The topological polar surface area (TPSA) is 143 Å². The first kappa shape index (κ1) is 57.2. The Morgan fingerprint density at radius 3 is 1.71 bits per heavy atom. The molecule has 355 valence electrons. The van der Waals surface area contributed by atoms with Gasteiger partial charge in [-0.05, 0) is 81.0 Å². The molecule has 1 radical (unpaired) electrons. The summed E-state index contributed by atoms with van der Waals surface area (Å²) in [7, 11) is -0.270. The molecule has 0 aliphatic carbocycles. The van der Waals surface area contributed by atoms with Crippen molar-refractivity contribution in [2.24, 2.45) is 11.8 Å². The van der Waals surface area contributed by atoms with Crippen LogP contribution in [0.25, 0.3) is 0 Å². The molecule has 65 heavy (non-hydrogen) atoms. The summed E-state index contributed by atoms with van der Waals surface area (Å²) in [6.45, 7) is 19.5. The third-order valence-electron chi connectivity index (χ3n) is 11.5. The molecule has 0 spiro atoms. The molecular formula is C49H69N3O10P2Y-2. The van der Waals surface area contributed by atoms with Crippen molar-refractivity contribution in [3.8, 4) is 23.6 Å². The molecule has 0 amide bonds. The molecule has 0 N–H and O–H groups in total. The number of methoxy groups -OCH3 is 2. The van der Waals surface area contributed by atoms with Crippen LogP contribution in [0.1, 0.15) is 84.4 Å². The molecule has 2 heterocycles. The first-order valence-corrected chi connectivity index (χ1v) is 24.1. The van der Waals surface area contributed by atoms with E-state index in [2.05, 4.69) is 77.4 Å². The minimum atomic E-state index is -2.01. The number of rotatable bonds is 25. The van der Waals surface area contributed by atoms with E-state index < -0.39 is 47.1 Å². The van der Waals surface area contributed by atoms with Gasteiger partial charge in [0.05, 0.1) is 77.8 Å². The van der Waals surface area contributed by atoms with E-state index >= 15 is 0 Å². The van der Waals surface area contributed by atoms with Crippen LogP contribution in [0.5, 0.6) is 11.5 Å². The average molecular weight is 1010 g/mol. The Labute approximate surface area is 416 Å². The SMILES string of the molecule is [CH2-][C@@H]1O[C@H](COP(OCCC#N)O[C@@H]2C(C)[C@H](CC)O[C@@H]2COC(c2ccccc2)(c2ccc(OC)cc2)c2ccc(OC)cc2)[C@H](OP(OCCC#N)N(C(C)C)C(C)C)C1C.[CH3-].[Y].